The van der Waals surface area contributed by atoms with Crippen LogP contribution in [0.15, 0.2) is 18.5 Å². The van der Waals surface area contributed by atoms with Gasteiger partial charge in [0.15, 0.2) is 0 Å². The summed E-state index contributed by atoms with van der Waals surface area (Å²) in [5.74, 6) is -0.00222. The SMILES string of the molecule is CCC(N)CC(=O)NCc1cnccc1C. The molecule has 88 valence electrons. The summed E-state index contributed by atoms with van der Waals surface area (Å²) in [4.78, 5) is 15.5. The van der Waals surface area contributed by atoms with Crippen LogP contribution in [0.3, 0.4) is 0 Å². The van der Waals surface area contributed by atoms with Gasteiger partial charge in [0, 0.05) is 31.4 Å². The van der Waals surface area contributed by atoms with Gasteiger partial charge in [-0.25, -0.2) is 0 Å². The van der Waals surface area contributed by atoms with Crippen molar-refractivity contribution in [1.82, 2.24) is 10.3 Å². The number of nitrogens with one attached hydrogen (secondary N) is 1. The Kier molecular flexibility index (Phi) is 4.92. The van der Waals surface area contributed by atoms with E-state index in [-0.39, 0.29) is 11.9 Å². The number of carbonyl (C=O) groups excluding carboxylic acids is 1. The minimum Gasteiger partial charge on any atom is -0.352 e. The summed E-state index contributed by atoms with van der Waals surface area (Å²) < 4.78 is 0. The Labute approximate surface area is 96.3 Å². The van der Waals surface area contributed by atoms with E-state index in [1.165, 1.54) is 0 Å². The van der Waals surface area contributed by atoms with E-state index >= 15 is 0 Å². The zero-order valence-electron chi connectivity index (χ0n) is 9.86. The van der Waals surface area contributed by atoms with E-state index in [2.05, 4.69) is 10.3 Å². The molecule has 1 aromatic rings. The Morgan fingerprint density at radius 2 is 2.38 bits per heavy atom. The van der Waals surface area contributed by atoms with Crippen molar-refractivity contribution in [2.24, 2.45) is 5.73 Å². The number of rotatable bonds is 5. The highest BCUT2D eigenvalue weighted by molar-refractivity contribution is 5.76. The highest BCUT2D eigenvalue weighted by Crippen LogP contribution is 2.04. The Hall–Kier alpha value is -1.42. The van der Waals surface area contributed by atoms with Gasteiger partial charge in [0.05, 0.1) is 0 Å². The standard InChI is InChI=1S/C12H19N3O/c1-3-11(13)6-12(16)15-8-10-7-14-5-4-9(10)2/h4-5,7,11H,3,6,8,13H2,1-2H3,(H,15,16). The lowest BCUT2D eigenvalue weighted by Crippen LogP contribution is -2.31. The number of hydrogen-bond acceptors (Lipinski definition) is 3. The number of pyridine rings is 1. The number of amides is 1. The summed E-state index contributed by atoms with van der Waals surface area (Å²) in [6.07, 6.45) is 4.72. The molecule has 0 bridgehead atoms. The Morgan fingerprint density at radius 1 is 1.62 bits per heavy atom. The van der Waals surface area contributed by atoms with Crippen molar-refractivity contribution >= 4 is 5.91 Å². The average molecular weight is 221 g/mol. The van der Waals surface area contributed by atoms with Crippen molar-refractivity contribution in [2.75, 3.05) is 0 Å². The largest absolute Gasteiger partial charge is 0.352 e. The Bertz CT molecular complexity index is 352. The van der Waals surface area contributed by atoms with Crippen molar-refractivity contribution in [2.45, 2.75) is 39.3 Å². The molecule has 1 amide bonds. The van der Waals surface area contributed by atoms with Gasteiger partial charge in [-0.3, -0.25) is 9.78 Å². The van der Waals surface area contributed by atoms with E-state index in [0.29, 0.717) is 13.0 Å². The number of aromatic nitrogens is 1. The van der Waals surface area contributed by atoms with Crippen LogP contribution in [-0.2, 0) is 11.3 Å². The first kappa shape index (κ1) is 12.6. The van der Waals surface area contributed by atoms with Gasteiger partial charge >= 0.3 is 0 Å². The van der Waals surface area contributed by atoms with Gasteiger partial charge in [-0.1, -0.05) is 6.92 Å². The van der Waals surface area contributed by atoms with Crippen molar-refractivity contribution in [3.05, 3.63) is 29.6 Å². The maximum Gasteiger partial charge on any atom is 0.221 e. The molecule has 0 fully saturated rings. The molecule has 0 aliphatic rings. The first-order valence-corrected chi connectivity index (χ1v) is 5.55. The van der Waals surface area contributed by atoms with E-state index in [1.807, 2.05) is 19.9 Å². The van der Waals surface area contributed by atoms with E-state index < -0.39 is 0 Å². The molecule has 1 rings (SSSR count). The summed E-state index contributed by atoms with van der Waals surface area (Å²) >= 11 is 0. The molecule has 0 saturated heterocycles. The van der Waals surface area contributed by atoms with E-state index in [9.17, 15) is 4.79 Å². The molecule has 0 spiro atoms. The molecule has 0 aliphatic heterocycles. The van der Waals surface area contributed by atoms with Crippen LogP contribution < -0.4 is 11.1 Å². The summed E-state index contributed by atoms with van der Waals surface area (Å²) in [5.41, 5.74) is 7.88. The highest BCUT2D eigenvalue weighted by Gasteiger charge is 2.07. The van der Waals surface area contributed by atoms with Crippen LogP contribution in [0.4, 0.5) is 0 Å². The number of nitrogens with zero attached hydrogens (tertiary/aromatic N) is 1. The Morgan fingerprint density at radius 3 is 3.00 bits per heavy atom. The van der Waals surface area contributed by atoms with Crippen LogP contribution in [0.25, 0.3) is 0 Å². The fraction of sp³-hybridized carbons (Fsp3) is 0.500. The first-order chi connectivity index (χ1) is 7.63. The molecule has 3 N–H and O–H groups in total. The second kappa shape index (κ2) is 6.23. The van der Waals surface area contributed by atoms with E-state index in [4.69, 9.17) is 5.73 Å². The molecule has 16 heavy (non-hydrogen) atoms. The van der Waals surface area contributed by atoms with Crippen LogP contribution in [-0.4, -0.2) is 16.9 Å². The monoisotopic (exact) mass is 221 g/mol. The molecule has 1 heterocycles. The summed E-state index contributed by atoms with van der Waals surface area (Å²) in [5, 5.41) is 2.85. The van der Waals surface area contributed by atoms with Gasteiger partial charge < -0.3 is 11.1 Å². The molecular weight excluding hydrogens is 202 g/mol. The van der Waals surface area contributed by atoms with Crippen molar-refractivity contribution < 1.29 is 4.79 Å². The van der Waals surface area contributed by atoms with Crippen molar-refractivity contribution in [3.63, 3.8) is 0 Å². The maximum absolute atomic E-state index is 11.5. The van der Waals surface area contributed by atoms with Crippen LogP contribution in [0.5, 0.6) is 0 Å². The lowest BCUT2D eigenvalue weighted by molar-refractivity contribution is -0.121. The second-order valence-electron chi connectivity index (χ2n) is 3.95. The topological polar surface area (TPSA) is 68.0 Å². The molecule has 0 radical (unpaired) electrons. The fourth-order valence-corrected chi connectivity index (χ4v) is 1.33. The van der Waals surface area contributed by atoms with Gasteiger partial charge in [-0.05, 0) is 30.5 Å². The molecular formula is C12H19N3O. The lowest BCUT2D eigenvalue weighted by Gasteiger charge is -2.10. The minimum absolute atomic E-state index is 0.00222. The third-order valence-electron chi connectivity index (χ3n) is 2.60. The van der Waals surface area contributed by atoms with Gasteiger partial charge in [0.2, 0.25) is 5.91 Å². The molecule has 1 aromatic heterocycles. The summed E-state index contributed by atoms with van der Waals surface area (Å²) in [6.45, 7) is 4.50. The quantitative estimate of drug-likeness (QED) is 0.783. The number of hydrogen-bond donors (Lipinski definition) is 2. The maximum atomic E-state index is 11.5. The first-order valence-electron chi connectivity index (χ1n) is 5.55. The zero-order chi connectivity index (χ0) is 12.0. The van der Waals surface area contributed by atoms with Crippen LogP contribution in [0, 0.1) is 6.92 Å². The predicted molar refractivity (Wildman–Crippen MR) is 63.7 cm³/mol. The van der Waals surface area contributed by atoms with Gasteiger partial charge in [0.25, 0.3) is 0 Å². The lowest BCUT2D eigenvalue weighted by atomic mass is 10.1. The number of nitrogens with two attached hydrogens (primary N) is 1. The summed E-state index contributed by atoms with van der Waals surface area (Å²) in [6, 6.07) is 1.88. The second-order valence-corrected chi connectivity index (χ2v) is 3.95. The summed E-state index contributed by atoms with van der Waals surface area (Å²) in [7, 11) is 0. The van der Waals surface area contributed by atoms with Crippen molar-refractivity contribution in [1.29, 1.82) is 0 Å². The normalized spacial score (nSPS) is 12.2. The Balaban J connectivity index is 2.40. The van der Waals surface area contributed by atoms with E-state index in [0.717, 1.165) is 17.5 Å². The minimum atomic E-state index is -0.0463. The van der Waals surface area contributed by atoms with Gasteiger partial charge in [-0.2, -0.15) is 0 Å². The van der Waals surface area contributed by atoms with Crippen LogP contribution in [0.2, 0.25) is 0 Å². The molecule has 0 aromatic carbocycles. The smallest absolute Gasteiger partial charge is 0.221 e. The highest BCUT2D eigenvalue weighted by atomic mass is 16.1. The van der Waals surface area contributed by atoms with Crippen LogP contribution in [0.1, 0.15) is 30.9 Å². The number of carbonyl (C=O) groups is 1. The molecule has 1 unspecified atom stereocenters. The fourth-order valence-electron chi connectivity index (χ4n) is 1.33. The third kappa shape index (κ3) is 3.98. The van der Waals surface area contributed by atoms with Crippen molar-refractivity contribution in [3.8, 4) is 0 Å². The van der Waals surface area contributed by atoms with Gasteiger partial charge in [0.1, 0.15) is 0 Å². The number of aryl methyl sites for hydroxylation is 1. The molecule has 0 aliphatic carbocycles. The zero-order valence-corrected chi connectivity index (χ0v) is 9.86. The molecule has 1 atom stereocenters. The molecule has 0 saturated carbocycles. The van der Waals surface area contributed by atoms with Crippen LogP contribution >= 0.6 is 0 Å². The van der Waals surface area contributed by atoms with E-state index in [1.54, 1.807) is 12.4 Å². The predicted octanol–water partition coefficient (Wildman–Crippen LogP) is 1.13. The average Bonchev–Trinajstić information content (AvgIpc) is 2.28. The van der Waals surface area contributed by atoms with Gasteiger partial charge in [-0.15, -0.1) is 0 Å². The molecule has 4 nitrogen and oxygen atoms in total. The third-order valence-corrected chi connectivity index (χ3v) is 2.60. The molecule has 4 heteroatoms.